The number of carbonyl (C=O) groups is 1. The summed E-state index contributed by atoms with van der Waals surface area (Å²) in [5.74, 6) is 2.10. The van der Waals surface area contributed by atoms with Gasteiger partial charge < -0.3 is 4.90 Å². The van der Waals surface area contributed by atoms with Gasteiger partial charge in [0.05, 0.1) is 0 Å². The van der Waals surface area contributed by atoms with Crippen molar-refractivity contribution in [2.45, 2.75) is 143 Å². The third-order valence-corrected chi connectivity index (χ3v) is 8.21. The molecule has 4 atom stereocenters. The number of amides is 1. The lowest BCUT2D eigenvalue weighted by atomic mass is 9.94. The van der Waals surface area contributed by atoms with Crippen molar-refractivity contribution in [1.29, 1.82) is 0 Å². The highest BCUT2D eigenvalue weighted by molar-refractivity contribution is 5.76. The molecule has 0 aliphatic carbocycles. The predicted molar refractivity (Wildman–Crippen MR) is 134 cm³/mol. The molecule has 2 aliphatic rings. The molecule has 2 saturated heterocycles. The first-order valence-corrected chi connectivity index (χ1v) is 14.1. The summed E-state index contributed by atoms with van der Waals surface area (Å²) in [6.07, 6.45) is 20.7. The van der Waals surface area contributed by atoms with E-state index in [2.05, 4.69) is 37.5 Å². The minimum Gasteiger partial charge on any atom is -0.340 e. The van der Waals surface area contributed by atoms with Crippen molar-refractivity contribution in [3.05, 3.63) is 0 Å². The predicted octanol–water partition coefficient (Wildman–Crippen LogP) is 7.44. The fraction of sp³-hybridized carbons (Fsp3) is 0.964. The van der Waals surface area contributed by atoms with Crippen LogP contribution in [0.2, 0.25) is 0 Å². The summed E-state index contributed by atoms with van der Waals surface area (Å²) >= 11 is 0. The summed E-state index contributed by atoms with van der Waals surface area (Å²) < 4.78 is 0. The molecule has 2 fully saturated rings. The highest BCUT2D eigenvalue weighted by atomic mass is 16.2. The summed E-state index contributed by atoms with van der Waals surface area (Å²) in [6.45, 7) is 12.6. The second-order valence-electron chi connectivity index (χ2n) is 10.8. The minimum atomic E-state index is 0.428. The maximum absolute atomic E-state index is 12.8. The maximum Gasteiger partial charge on any atom is 0.222 e. The van der Waals surface area contributed by atoms with Crippen LogP contribution in [0, 0.1) is 11.8 Å². The molecule has 0 aromatic heterocycles. The van der Waals surface area contributed by atoms with Gasteiger partial charge >= 0.3 is 0 Å². The molecule has 182 valence electrons. The quantitative estimate of drug-likeness (QED) is 0.222. The third-order valence-electron chi connectivity index (χ3n) is 8.21. The van der Waals surface area contributed by atoms with E-state index in [4.69, 9.17) is 0 Å². The van der Waals surface area contributed by atoms with Gasteiger partial charge in [-0.3, -0.25) is 9.69 Å². The highest BCUT2D eigenvalue weighted by Crippen LogP contribution is 2.32. The number of rotatable bonds is 17. The van der Waals surface area contributed by atoms with Crippen molar-refractivity contribution >= 4 is 5.91 Å². The SMILES string of the molecule is CCCCCCCC(CC)CCN1[C@@H]2CC[C@H]1CN(C(=O)CCCC(C)CCCC)C2. The first-order chi connectivity index (χ1) is 15.1. The number of unbranched alkanes of at least 4 members (excludes halogenated alkanes) is 5. The molecule has 0 aromatic rings. The Morgan fingerprint density at radius 1 is 0.806 bits per heavy atom. The molecule has 2 aliphatic heterocycles. The van der Waals surface area contributed by atoms with E-state index in [9.17, 15) is 4.79 Å². The van der Waals surface area contributed by atoms with Gasteiger partial charge in [0.2, 0.25) is 5.91 Å². The summed E-state index contributed by atoms with van der Waals surface area (Å²) in [4.78, 5) is 17.8. The van der Waals surface area contributed by atoms with E-state index >= 15 is 0 Å². The van der Waals surface area contributed by atoms with Crippen LogP contribution in [0.15, 0.2) is 0 Å². The van der Waals surface area contributed by atoms with E-state index in [-0.39, 0.29) is 0 Å². The van der Waals surface area contributed by atoms with Crippen molar-refractivity contribution in [1.82, 2.24) is 9.80 Å². The number of fused-ring (bicyclic) bond motifs is 2. The Balaban J connectivity index is 1.67. The molecular weight excluding hydrogens is 380 g/mol. The smallest absolute Gasteiger partial charge is 0.222 e. The molecule has 2 rings (SSSR count). The molecule has 2 heterocycles. The van der Waals surface area contributed by atoms with E-state index < -0.39 is 0 Å². The number of carbonyl (C=O) groups excluding carboxylic acids is 1. The van der Waals surface area contributed by atoms with Crippen molar-refractivity contribution in [3.63, 3.8) is 0 Å². The zero-order valence-electron chi connectivity index (χ0n) is 21.5. The maximum atomic E-state index is 12.8. The van der Waals surface area contributed by atoms with Crippen LogP contribution in [0.4, 0.5) is 0 Å². The van der Waals surface area contributed by atoms with Crippen LogP contribution in [-0.4, -0.2) is 47.4 Å². The Morgan fingerprint density at radius 3 is 2.10 bits per heavy atom. The number of piperazine rings is 1. The van der Waals surface area contributed by atoms with Gasteiger partial charge in [0.25, 0.3) is 0 Å². The molecule has 3 heteroatoms. The van der Waals surface area contributed by atoms with Gasteiger partial charge in [0.1, 0.15) is 0 Å². The summed E-state index contributed by atoms with van der Waals surface area (Å²) in [5.41, 5.74) is 0. The molecule has 3 nitrogen and oxygen atoms in total. The lowest BCUT2D eigenvalue weighted by molar-refractivity contribution is -0.134. The number of likely N-dealkylation sites (tertiary alicyclic amines) is 1. The fourth-order valence-corrected chi connectivity index (χ4v) is 5.94. The van der Waals surface area contributed by atoms with E-state index in [0.717, 1.165) is 37.8 Å². The number of hydrogen-bond donors (Lipinski definition) is 0. The van der Waals surface area contributed by atoms with E-state index in [1.54, 1.807) is 0 Å². The van der Waals surface area contributed by atoms with Crippen LogP contribution >= 0.6 is 0 Å². The average molecular weight is 435 g/mol. The van der Waals surface area contributed by atoms with E-state index in [1.165, 1.54) is 96.4 Å². The summed E-state index contributed by atoms with van der Waals surface area (Å²) in [7, 11) is 0. The highest BCUT2D eigenvalue weighted by Gasteiger charge is 2.40. The monoisotopic (exact) mass is 434 g/mol. The van der Waals surface area contributed by atoms with E-state index in [0.29, 0.717) is 18.0 Å². The second-order valence-corrected chi connectivity index (χ2v) is 10.8. The Labute approximate surface area is 194 Å². The number of nitrogens with zero attached hydrogens (tertiary/aromatic N) is 2. The third kappa shape index (κ3) is 9.44. The summed E-state index contributed by atoms with van der Waals surface area (Å²) in [6, 6.07) is 1.27. The molecule has 0 saturated carbocycles. The normalized spacial score (nSPS) is 23.3. The Bertz CT molecular complexity index is 466. The fourth-order valence-electron chi connectivity index (χ4n) is 5.94. The zero-order valence-corrected chi connectivity index (χ0v) is 21.5. The molecule has 0 N–H and O–H groups in total. The van der Waals surface area contributed by atoms with Crippen LogP contribution in [0.3, 0.4) is 0 Å². The number of hydrogen-bond acceptors (Lipinski definition) is 2. The molecule has 0 aromatic carbocycles. The molecule has 2 bridgehead atoms. The Hall–Kier alpha value is -0.570. The van der Waals surface area contributed by atoms with Crippen molar-refractivity contribution in [2.75, 3.05) is 19.6 Å². The van der Waals surface area contributed by atoms with E-state index in [1.807, 2.05) is 0 Å². The molecule has 2 unspecified atom stereocenters. The van der Waals surface area contributed by atoms with Crippen molar-refractivity contribution < 1.29 is 4.79 Å². The molecule has 31 heavy (non-hydrogen) atoms. The molecule has 0 spiro atoms. The summed E-state index contributed by atoms with van der Waals surface area (Å²) in [5, 5.41) is 0. The first kappa shape index (κ1) is 26.7. The van der Waals surface area contributed by atoms with Gasteiger partial charge in [-0.25, -0.2) is 0 Å². The zero-order chi connectivity index (χ0) is 22.5. The van der Waals surface area contributed by atoms with Gasteiger partial charge in [-0.1, -0.05) is 98.3 Å². The van der Waals surface area contributed by atoms with Gasteiger partial charge in [-0.05, 0) is 44.1 Å². The van der Waals surface area contributed by atoms with Gasteiger partial charge in [0, 0.05) is 31.6 Å². The lowest BCUT2D eigenvalue weighted by Crippen LogP contribution is -2.55. The van der Waals surface area contributed by atoms with Crippen molar-refractivity contribution in [2.24, 2.45) is 11.8 Å². The van der Waals surface area contributed by atoms with Crippen LogP contribution in [0.5, 0.6) is 0 Å². The second kappa shape index (κ2) is 15.3. The van der Waals surface area contributed by atoms with Crippen LogP contribution in [0.1, 0.15) is 130 Å². The van der Waals surface area contributed by atoms with Crippen LogP contribution in [-0.2, 0) is 4.79 Å². The van der Waals surface area contributed by atoms with Crippen molar-refractivity contribution in [3.8, 4) is 0 Å². The Kier molecular flexibility index (Phi) is 13.2. The van der Waals surface area contributed by atoms with Gasteiger partial charge in [-0.2, -0.15) is 0 Å². The standard InChI is InChI=1S/C28H54N2O/c1-5-8-10-11-12-16-25(7-3)20-21-30-26-18-19-27(30)23-29(22-26)28(31)17-13-15-24(4)14-9-6-2/h24-27H,5-23H2,1-4H3/t24?,25?,26-,27+. The van der Waals surface area contributed by atoms with Crippen LogP contribution < -0.4 is 0 Å². The Morgan fingerprint density at radius 2 is 1.45 bits per heavy atom. The van der Waals surface area contributed by atoms with Gasteiger partial charge in [0.15, 0.2) is 0 Å². The minimum absolute atomic E-state index is 0.428. The lowest BCUT2D eigenvalue weighted by Gasteiger charge is -2.41. The first-order valence-electron chi connectivity index (χ1n) is 14.1. The molecule has 1 amide bonds. The average Bonchev–Trinajstić information content (AvgIpc) is 3.00. The van der Waals surface area contributed by atoms with Crippen LogP contribution in [0.25, 0.3) is 0 Å². The molecular formula is C28H54N2O. The molecule has 0 radical (unpaired) electrons. The largest absolute Gasteiger partial charge is 0.340 e. The van der Waals surface area contributed by atoms with Gasteiger partial charge in [-0.15, -0.1) is 0 Å². The topological polar surface area (TPSA) is 23.6 Å².